The number of ether oxygens (including phenoxy) is 3. The number of aliphatic hydroxyl groups excluding tert-OH is 1. The van der Waals surface area contributed by atoms with E-state index in [9.17, 15) is 67.3 Å². The number of unbranched alkanes of at least 4 members (excludes halogenated alkanes) is 1. The summed E-state index contributed by atoms with van der Waals surface area (Å²) >= 11 is 0. The number of carboxylic acids is 1. The summed E-state index contributed by atoms with van der Waals surface area (Å²) in [5, 5.41) is 35.7. The Labute approximate surface area is 544 Å². The van der Waals surface area contributed by atoms with Crippen LogP contribution >= 0.6 is 23.5 Å². The monoisotopic (exact) mass is 1370 g/mol. The molecule has 1 aromatic heterocycles. The van der Waals surface area contributed by atoms with Crippen molar-refractivity contribution >= 4 is 69.7 Å². The Morgan fingerprint density at radius 3 is 2.29 bits per heavy atom. The number of hydrogen-bond donors (Lipinski definition) is 8. The van der Waals surface area contributed by atoms with Gasteiger partial charge in [-0.1, -0.05) is 36.1 Å². The van der Waals surface area contributed by atoms with E-state index in [0.717, 1.165) is 21.8 Å². The fourth-order valence-electron chi connectivity index (χ4n) is 10.2. The molecule has 0 radical (unpaired) electrons. The summed E-state index contributed by atoms with van der Waals surface area (Å²) in [7, 11) is -10.1. The van der Waals surface area contributed by atoms with Gasteiger partial charge in [-0.2, -0.15) is 0 Å². The number of aromatic amines is 1. The molecule has 8 N–H and O–H groups in total. The highest BCUT2D eigenvalue weighted by Gasteiger charge is 2.38. The first-order chi connectivity index (χ1) is 45.0. The van der Waals surface area contributed by atoms with E-state index in [4.69, 9.17) is 28.4 Å². The number of carboxylic acid groups (broad SMARTS) is 1. The molecule has 0 bridgehead atoms. The first-order valence-electron chi connectivity index (χ1n) is 29.1. The average Bonchev–Trinajstić information content (AvgIpc) is 0.799. The Balaban J connectivity index is 0.00000505. The van der Waals surface area contributed by atoms with Crippen LogP contribution in [0.15, 0.2) is 117 Å². The highest BCUT2D eigenvalue weighted by Crippen LogP contribution is 2.62. The third kappa shape index (κ3) is 18.2. The minimum atomic E-state index is -6.14. The van der Waals surface area contributed by atoms with Crippen molar-refractivity contribution in [1.82, 2.24) is 35.4 Å². The molecule has 0 saturated carbocycles. The minimum Gasteiger partial charge on any atom is -0.756 e. The number of aromatic nitrogens is 2. The maximum absolute atomic E-state index is 13.4. The zero-order valence-corrected chi connectivity index (χ0v) is 53.8. The molecule has 31 nitrogen and oxygen atoms in total. The number of rotatable bonds is 26. The summed E-state index contributed by atoms with van der Waals surface area (Å²) in [6.45, 7) is -0.997. The Morgan fingerprint density at radius 1 is 0.821 bits per heavy atom. The summed E-state index contributed by atoms with van der Waals surface area (Å²) in [5.41, 5.74) is 1.92. The van der Waals surface area contributed by atoms with Crippen LogP contribution in [-0.2, 0) is 46.0 Å². The lowest BCUT2D eigenvalue weighted by atomic mass is 9.89. The van der Waals surface area contributed by atoms with Gasteiger partial charge in [0.1, 0.15) is 60.6 Å². The van der Waals surface area contributed by atoms with E-state index in [1.807, 2.05) is 79.0 Å². The number of aromatic carboxylic acids is 1. The summed E-state index contributed by atoms with van der Waals surface area (Å²) in [6, 6.07) is 27.2. The molecule has 4 aliphatic rings. The molecule has 4 heterocycles. The van der Waals surface area contributed by atoms with Crippen LogP contribution in [0.25, 0.3) is 33.4 Å². The Bertz CT molecular complexity index is 4530. The lowest BCUT2D eigenvalue weighted by Gasteiger charge is -2.31. The van der Waals surface area contributed by atoms with Gasteiger partial charge in [0.15, 0.2) is 0 Å². The van der Waals surface area contributed by atoms with Gasteiger partial charge in [-0.25, -0.2) is 22.6 Å². The van der Waals surface area contributed by atoms with Gasteiger partial charge in [-0.3, -0.25) is 42.7 Å². The quantitative estimate of drug-likeness (QED) is 0.0127. The van der Waals surface area contributed by atoms with Gasteiger partial charge in [-0.15, -0.1) is 0 Å². The number of phosphoric ester groups is 1. The fraction of sp³-hybridized carbons (Fsp3) is 0.311. The number of phosphoric acid groups is 3. The molecule has 95 heavy (non-hydrogen) atoms. The predicted octanol–water partition coefficient (Wildman–Crippen LogP) is 2.34. The van der Waals surface area contributed by atoms with Crippen molar-refractivity contribution in [3.8, 4) is 51.5 Å². The molecule has 3 aliphatic heterocycles. The number of fused-ring (bicyclic) bond motifs is 4. The van der Waals surface area contributed by atoms with Crippen LogP contribution in [0.4, 0.5) is 5.69 Å². The number of para-hydroxylation sites is 1. The third-order valence-corrected chi connectivity index (χ3v) is 18.5. The number of nitrogens with one attached hydrogen (secondary N) is 5. The van der Waals surface area contributed by atoms with Crippen molar-refractivity contribution in [3.63, 3.8) is 0 Å². The van der Waals surface area contributed by atoms with Gasteiger partial charge in [0.05, 0.1) is 43.9 Å². The Kier molecular flexibility index (Phi) is 22.2. The molecular formula is C61H69N8O23P3-2. The smallest absolute Gasteiger partial charge is 0.476 e. The number of anilines is 1. The van der Waals surface area contributed by atoms with E-state index in [1.54, 1.807) is 54.6 Å². The first-order valence-corrected chi connectivity index (χ1v) is 33.6. The molecule has 6 atom stereocenters. The molecular weight excluding hydrogens is 1310 g/mol. The van der Waals surface area contributed by atoms with Gasteiger partial charge in [0, 0.05) is 126 Å². The van der Waals surface area contributed by atoms with Crippen molar-refractivity contribution in [2.75, 3.05) is 65.9 Å². The SMILES string of the molecule is CN(C)c1ccc2c(-c3ccc(C(=O)NCCNC(=O)CCCCOc4ccc5c(c4)Oc4ccccc4C5NC(=O)CCC(=O)NCC#Cc4cn(C5CC(O)C(COP(=O)([O-])OP(=O)([O-])OP(=O)(O)O)O5)c(=O)[nH]c4=O)cc3C(=O)[O-])c3ccc(=[N+](C)C)cc-3oc2c1.[HH].[HH].[HH]. The van der Waals surface area contributed by atoms with E-state index < -0.39 is 95.9 Å². The Morgan fingerprint density at radius 2 is 1.55 bits per heavy atom. The van der Waals surface area contributed by atoms with Gasteiger partial charge < -0.3 is 83.9 Å². The summed E-state index contributed by atoms with van der Waals surface area (Å²) in [4.78, 5) is 135. The van der Waals surface area contributed by atoms with Crippen molar-refractivity contribution in [1.29, 1.82) is 0 Å². The summed E-state index contributed by atoms with van der Waals surface area (Å²) in [6.07, 6.45) is -3.25. The second kappa shape index (κ2) is 30.1. The minimum absolute atomic E-state index is 0. The van der Waals surface area contributed by atoms with Crippen LogP contribution in [-0.4, -0.2) is 127 Å². The van der Waals surface area contributed by atoms with Crippen molar-refractivity contribution in [2.45, 2.75) is 63.0 Å². The normalized spacial score (nSPS) is 16.9. The molecule has 5 aromatic rings. The number of carbonyl (C=O) groups excluding carboxylic acids is 5. The number of amides is 4. The number of aliphatic hydroxyl groups is 1. The predicted molar refractivity (Wildman–Crippen MR) is 338 cm³/mol. The van der Waals surface area contributed by atoms with Gasteiger partial charge in [0.25, 0.3) is 27.1 Å². The molecule has 6 unspecified atom stereocenters. The van der Waals surface area contributed by atoms with E-state index in [1.165, 1.54) is 6.07 Å². The van der Waals surface area contributed by atoms with Crippen LogP contribution in [0.1, 0.15) is 92.5 Å². The molecule has 34 heteroatoms. The Hall–Kier alpha value is -9.11. The lowest BCUT2D eigenvalue weighted by Crippen LogP contribution is -2.34. The van der Waals surface area contributed by atoms with Gasteiger partial charge >= 0.3 is 13.5 Å². The molecule has 508 valence electrons. The molecule has 4 amide bonds. The zero-order chi connectivity index (χ0) is 68.5. The van der Waals surface area contributed by atoms with E-state index in [2.05, 4.69) is 46.3 Å². The van der Waals surface area contributed by atoms with Crippen LogP contribution in [0.5, 0.6) is 17.2 Å². The summed E-state index contributed by atoms with van der Waals surface area (Å²) < 4.78 is 72.4. The van der Waals surface area contributed by atoms with Crippen molar-refractivity contribution < 1.29 is 104 Å². The highest BCUT2D eigenvalue weighted by atomic mass is 31.3. The van der Waals surface area contributed by atoms with Crippen LogP contribution < -0.4 is 71.7 Å². The van der Waals surface area contributed by atoms with E-state index in [-0.39, 0.29) is 72.4 Å². The van der Waals surface area contributed by atoms with Crippen LogP contribution in [0.3, 0.4) is 0 Å². The number of hydrogen-bond acceptors (Lipinski definition) is 22. The number of H-pyrrole nitrogens is 1. The van der Waals surface area contributed by atoms with Gasteiger partial charge in [-0.05, 0) is 66.9 Å². The molecule has 1 fully saturated rings. The number of benzene rings is 5. The largest absolute Gasteiger partial charge is 0.756 e. The molecule has 0 spiro atoms. The molecule has 1 saturated heterocycles. The average molecular weight is 1380 g/mol. The van der Waals surface area contributed by atoms with E-state index >= 15 is 0 Å². The zero-order valence-electron chi connectivity index (χ0n) is 51.1. The second-order valence-corrected chi connectivity index (χ2v) is 26.3. The molecule has 9 rings (SSSR count). The first kappa shape index (κ1) is 70.2. The number of nitrogens with zero attached hydrogens (tertiary/aromatic N) is 3. The van der Waals surface area contributed by atoms with Crippen LogP contribution in [0.2, 0.25) is 0 Å². The van der Waals surface area contributed by atoms with Crippen molar-refractivity contribution in [3.05, 3.63) is 157 Å². The molecule has 1 aliphatic carbocycles. The lowest BCUT2D eigenvalue weighted by molar-refractivity contribution is -0.255. The standard InChI is InChI=1S/C61H65N8O23P3.3H2/c1-67(2)37-15-19-41-48(29-37)89-49-30-38(68(3)4)16-20-42(49)56(41)40-18-14-35(28-45(40)60(76)77)58(74)64-26-25-63-52(71)13-7-8-27-86-39-17-21-44-50(31-39)88-47-12-6-5-11-43(47)57(44)65-54(73)23-22-53(72)62-24-9-10-36-33-69(61(78)66-59(36)75)55-32-46(70)51(90-55)34-87-94(82,83)92-95(84,85)91-93(79,80)81;;;/h5-6,11-12,14-21,28-31,33,46,51,55,57,70H,7-8,13,22-27,32,34H2,1-4H3,(H9-,62,63,64,65,66,71,72,73,74,75,76,77,78,79,80,81,82,83,84,85);3*1H/p-2. The second-order valence-electron chi connectivity index (χ2n) is 22.0. The fourth-order valence-corrected chi connectivity index (χ4v) is 13.2. The highest BCUT2D eigenvalue weighted by molar-refractivity contribution is 7.65. The van der Waals surface area contributed by atoms with Crippen molar-refractivity contribution in [2.24, 2.45) is 0 Å². The number of carbonyl (C=O) groups is 5. The third-order valence-electron chi connectivity index (χ3n) is 14.8. The summed E-state index contributed by atoms with van der Waals surface area (Å²) in [5.74, 6) is 3.59. The topological polar surface area (TPSA) is 444 Å². The maximum Gasteiger partial charge on any atom is 0.476 e. The maximum atomic E-state index is 13.4. The molecule has 4 aromatic carbocycles. The van der Waals surface area contributed by atoms with E-state index in [0.29, 0.717) is 74.6 Å². The van der Waals surface area contributed by atoms with Gasteiger partial charge in [0.2, 0.25) is 23.1 Å². The van der Waals surface area contributed by atoms with Crippen LogP contribution in [0, 0.1) is 11.8 Å².